The largest absolute Gasteiger partial charge is 0.399 e. The third-order valence-electron chi connectivity index (χ3n) is 3.33. The van der Waals surface area contributed by atoms with Gasteiger partial charge >= 0.3 is 0 Å². The van der Waals surface area contributed by atoms with Crippen LogP contribution in [0.5, 0.6) is 0 Å². The molecule has 1 heterocycles. The van der Waals surface area contributed by atoms with Gasteiger partial charge in [0, 0.05) is 18.2 Å². The summed E-state index contributed by atoms with van der Waals surface area (Å²) in [7, 11) is 0. The van der Waals surface area contributed by atoms with Crippen LogP contribution in [0.2, 0.25) is 0 Å². The van der Waals surface area contributed by atoms with Crippen molar-refractivity contribution in [2.45, 2.75) is 40.2 Å². The Bertz CT molecular complexity index is 643. The number of hydrogen-bond acceptors (Lipinski definition) is 3. The van der Waals surface area contributed by atoms with Gasteiger partial charge in [0.25, 0.3) is 0 Å². The predicted octanol–water partition coefficient (Wildman–Crippen LogP) is 2.51. The summed E-state index contributed by atoms with van der Waals surface area (Å²) in [6.07, 6.45) is 0. The molecular weight excluding hydrogens is 264 g/mol. The zero-order valence-electron chi connectivity index (χ0n) is 13.2. The Morgan fingerprint density at radius 1 is 1.33 bits per heavy atom. The lowest BCUT2D eigenvalue weighted by molar-refractivity contribution is -0.121. The van der Waals surface area contributed by atoms with Crippen molar-refractivity contribution in [1.82, 2.24) is 14.9 Å². The number of amides is 1. The summed E-state index contributed by atoms with van der Waals surface area (Å²) < 4.78 is 1.98. The van der Waals surface area contributed by atoms with Gasteiger partial charge in [0.15, 0.2) is 0 Å². The maximum absolute atomic E-state index is 12.1. The lowest BCUT2D eigenvalue weighted by atomic mass is 10.2. The molecule has 0 spiro atoms. The summed E-state index contributed by atoms with van der Waals surface area (Å²) in [6.45, 7) is 9.29. The minimum absolute atomic E-state index is 0.0155. The van der Waals surface area contributed by atoms with Crippen molar-refractivity contribution in [3.8, 4) is 0 Å². The highest BCUT2D eigenvalue weighted by molar-refractivity contribution is 5.83. The molecule has 1 aromatic heterocycles. The highest BCUT2D eigenvalue weighted by Gasteiger charge is 2.16. The Kier molecular flexibility index (Phi) is 4.50. The SMILES string of the molecule is CC(C)CNC(=O)Cn1c(C(C)C)nc2cc(N)ccc21. The van der Waals surface area contributed by atoms with E-state index in [0.717, 1.165) is 16.9 Å². The fourth-order valence-corrected chi connectivity index (χ4v) is 2.29. The van der Waals surface area contributed by atoms with Gasteiger partial charge in [-0.05, 0) is 24.1 Å². The van der Waals surface area contributed by atoms with Crippen molar-refractivity contribution in [1.29, 1.82) is 0 Å². The fraction of sp³-hybridized carbons (Fsp3) is 0.500. The van der Waals surface area contributed by atoms with E-state index >= 15 is 0 Å². The van der Waals surface area contributed by atoms with Gasteiger partial charge in [-0.1, -0.05) is 27.7 Å². The van der Waals surface area contributed by atoms with Crippen LogP contribution < -0.4 is 11.1 Å². The molecule has 0 saturated heterocycles. The number of anilines is 1. The predicted molar refractivity (Wildman–Crippen MR) is 86.1 cm³/mol. The third kappa shape index (κ3) is 3.54. The summed E-state index contributed by atoms with van der Waals surface area (Å²) in [5.41, 5.74) is 8.29. The number of fused-ring (bicyclic) bond motifs is 1. The topological polar surface area (TPSA) is 72.9 Å². The van der Waals surface area contributed by atoms with E-state index in [1.807, 2.05) is 22.8 Å². The van der Waals surface area contributed by atoms with Crippen LogP contribution >= 0.6 is 0 Å². The minimum Gasteiger partial charge on any atom is -0.399 e. The van der Waals surface area contributed by atoms with Crippen molar-refractivity contribution in [2.75, 3.05) is 12.3 Å². The molecule has 114 valence electrons. The van der Waals surface area contributed by atoms with E-state index in [-0.39, 0.29) is 11.8 Å². The van der Waals surface area contributed by atoms with Crippen LogP contribution in [0.15, 0.2) is 18.2 Å². The summed E-state index contributed by atoms with van der Waals surface area (Å²) in [5.74, 6) is 1.62. The summed E-state index contributed by atoms with van der Waals surface area (Å²) in [4.78, 5) is 16.7. The highest BCUT2D eigenvalue weighted by atomic mass is 16.1. The quantitative estimate of drug-likeness (QED) is 0.830. The number of carbonyl (C=O) groups excluding carboxylic acids is 1. The Hall–Kier alpha value is -2.04. The monoisotopic (exact) mass is 288 g/mol. The molecular formula is C16H24N4O. The number of nitrogens with one attached hydrogen (secondary N) is 1. The first-order valence-electron chi connectivity index (χ1n) is 7.40. The molecule has 5 heteroatoms. The van der Waals surface area contributed by atoms with Gasteiger partial charge in [0.2, 0.25) is 5.91 Å². The minimum atomic E-state index is 0.0155. The van der Waals surface area contributed by atoms with Gasteiger partial charge in [-0.25, -0.2) is 4.98 Å². The first-order valence-corrected chi connectivity index (χ1v) is 7.40. The molecule has 0 aliphatic rings. The van der Waals surface area contributed by atoms with E-state index in [2.05, 4.69) is 38.0 Å². The van der Waals surface area contributed by atoms with Crippen LogP contribution in [0.25, 0.3) is 11.0 Å². The smallest absolute Gasteiger partial charge is 0.240 e. The van der Waals surface area contributed by atoms with E-state index in [9.17, 15) is 4.79 Å². The lowest BCUT2D eigenvalue weighted by Crippen LogP contribution is -2.31. The van der Waals surface area contributed by atoms with Crippen LogP contribution in [0.1, 0.15) is 39.4 Å². The summed E-state index contributed by atoms with van der Waals surface area (Å²) >= 11 is 0. The van der Waals surface area contributed by atoms with Crippen LogP contribution in [0.4, 0.5) is 5.69 Å². The first-order chi connectivity index (χ1) is 9.88. The Morgan fingerprint density at radius 3 is 2.67 bits per heavy atom. The normalized spacial score (nSPS) is 11.5. The zero-order valence-corrected chi connectivity index (χ0v) is 13.2. The molecule has 0 fully saturated rings. The Labute approximate surface area is 125 Å². The number of benzene rings is 1. The zero-order chi connectivity index (χ0) is 15.6. The first kappa shape index (κ1) is 15.4. The molecule has 0 bridgehead atoms. The molecule has 1 aromatic carbocycles. The van der Waals surface area contributed by atoms with Crippen LogP contribution in [0, 0.1) is 5.92 Å². The van der Waals surface area contributed by atoms with Crippen LogP contribution in [0.3, 0.4) is 0 Å². The van der Waals surface area contributed by atoms with Gasteiger partial charge < -0.3 is 15.6 Å². The van der Waals surface area contributed by atoms with Gasteiger partial charge in [-0.15, -0.1) is 0 Å². The van der Waals surface area contributed by atoms with E-state index < -0.39 is 0 Å². The summed E-state index contributed by atoms with van der Waals surface area (Å²) in [5, 5.41) is 2.95. The Balaban J connectivity index is 2.32. The maximum Gasteiger partial charge on any atom is 0.240 e. The number of nitrogens with zero attached hydrogens (tertiary/aromatic N) is 2. The second kappa shape index (κ2) is 6.16. The number of aromatic nitrogens is 2. The molecule has 0 unspecified atom stereocenters. The molecule has 2 rings (SSSR count). The van der Waals surface area contributed by atoms with E-state index in [1.165, 1.54) is 0 Å². The van der Waals surface area contributed by atoms with Crippen molar-refractivity contribution in [3.63, 3.8) is 0 Å². The maximum atomic E-state index is 12.1. The third-order valence-corrected chi connectivity index (χ3v) is 3.33. The molecule has 5 nitrogen and oxygen atoms in total. The molecule has 3 N–H and O–H groups in total. The Morgan fingerprint density at radius 2 is 2.05 bits per heavy atom. The molecule has 2 aromatic rings. The number of rotatable bonds is 5. The molecule has 1 amide bonds. The number of carbonyl (C=O) groups is 1. The molecule has 21 heavy (non-hydrogen) atoms. The molecule has 0 atom stereocenters. The summed E-state index contributed by atoms with van der Waals surface area (Å²) in [6, 6.07) is 5.62. The molecule has 0 aliphatic heterocycles. The van der Waals surface area contributed by atoms with Crippen molar-refractivity contribution >= 4 is 22.6 Å². The average Bonchev–Trinajstić information content (AvgIpc) is 2.74. The van der Waals surface area contributed by atoms with Crippen LogP contribution in [-0.2, 0) is 11.3 Å². The van der Waals surface area contributed by atoms with E-state index in [4.69, 9.17) is 5.73 Å². The molecule has 0 saturated carbocycles. The van der Waals surface area contributed by atoms with Crippen molar-refractivity contribution in [3.05, 3.63) is 24.0 Å². The molecule has 0 aliphatic carbocycles. The van der Waals surface area contributed by atoms with Crippen molar-refractivity contribution < 1.29 is 4.79 Å². The van der Waals surface area contributed by atoms with Gasteiger partial charge in [-0.2, -0.15) is 0 Å². The van der Waals surface area contributed by atoms with E-state index in [0.29, 0.717) is 24.7 Å². The van der Waals surface area contributed by atoms with Crippen LogP contribution in [-0.4, -0.2) is 22.0 Å². The second-order valence-corrected chi connectivity index (χ2v) is 6.16. The van der Waals surface area contributed by atoms with E-state index in [1.54, 1.807) is 0 Å². The average molecular weight is 288 g/mol. The number of nitrogens with two attached hydrogens (primary N) is 1. The van der Waals surface area contributed by atoms with Gasteiger partial charge in [0.05, 0.1) is 11.0 Å². The van der Waals surface area contributed by atoms with Crippen molar-refractivity contribution in [2.24, 2.45) is 5.92 Å². The standard InChI is InChI=1S/C16H24N4O/c1-10(2)8-18-15(21)9-20-14-6-5-12(17)7-13(14)19-16(20)11(3)4/h5-7,10-11H,8-9,17H2,1-4H3,(H,18,21). The van der Waals surface area contributed by atoms with Gasteiger partial charge in [-0.3, -0.25) is 4.79 Å². The second-order valence-electron chi connectivity index (χ2n) is 6.16. The number of nitrogen functional groups attached to an aromatic ring is 1. The lowest BCUT2D eigenvalue weighted by Gasteiger charge is -2.12. The fourth-order valence-electron chi connectivity index (χ4n) is 2.29. The highest BCUT2D eigenvalue weighted by Crippen LogP contribution is 2.23. The molecule has 0 radical (unpaired) electrons. The van der Waals surface area contributed by atoms with Gasteiger partial charge in [0.1, 0.15) is 12.4 Å². The number of imidazole rings is 1. The number of hydrogen-bond donors (Lipinski definition) is 2.